The Labute approximate surface area is 160 Å². The summed E-state index contributed by atoms with van der Waals surface area (Å²) in [6, 6.07) is 7.53. The normalized spacial score (nSPS) is 11.3. The number of nitrogens with one attached hydrogen (secondary N) is 1. The zero-order valence-corrected chi connectivity index (χ0v) is 16.2. The van der Waals surface area contributed by atoms with Crippen LogP contribution in [0, 0.1) is 10.1 Å². The number of nitro groups is 1. The maximum Gasteiger partial charge on any atom is 0.273 e. The Bertz CT molecular complexity index is 1010. The van der Waals surface area contributed by atoms with Gasteiger partial charge in [-0.2, -0.15) is 0 Å². The third-order valence-electron chi connectivity index (χ3n) is 3.60. The van der Waals surface area contributed by atoms with Crippen LogP contribution in [-0.4, -0.2) is 44.8 Å². The Hall–Kier alpha value is -2.69. The molecule has 0 aromatic heterocycles. The van der Waals surface area contributed by atoms with E-state index < -0.39 is 20.9 Å². The molecular formula is C16H16ClN3O6S. The summed E-state index contributed by atoms with van der Waals surface area (Å²) in [5.74, 6) is -0.540. The molecule has 1 amide bonds. The molecule has 0 aliphatic rings. The number of nitro benzene ring substituents is 1. The second-order valence-electron chi connectivity index (χ2n) is 5.53. The molecule has 0 saturated carbocycles. The summed E-state index contributed by atoms with van der Waals surface area (Å²) < 4.78 is 30.7. The minimum absolute atomic E-state index is 0.0202. The van der Waals surface area contributed by atoms with Gasteiger partial charge in [0, 0.05) is 25.7 Å². The second kappa shape index (κ2) is 7.91. The predicted molar refractivity (Wildman–Crippen MR) is 99.9 cm³/mol. The summed E-state index contributed by atoms with van der Waals surface area (Å²) in [5, 5.41) is 13.3. The Morgan fingerprint density at radius 1 is 1.22 bits per heavy atom. The highest BCUT2D eigenvalue weighted by Gasteiger charge is 2.23. The first-order chi connectivity index (χ1) is 12.6. The van der Waals surface area contributed by atoms with E-state index in [2.05, 4.69) is 5.32 Å². The van der Waals surface area contributed by atoms with Crippen molar-refractivity contribution in [2.45, 2.75) is 4.90 Å². The summed E-state index contributed by atoms with van der Waals surface area (Å²) in [5.41, 5.74) is 0.0380. The summed E-state index contributed by atoms with van der Waals surface area (Å²) in [4.78, 5) is 22.5. The van der Waals surface area contributed by atoms with E-state index in [-0.39, 0.29) is 32.6 Å². The van der Waals surface area contributed by atoms with E-state index in [0.717, 1.165) is 10.4 Å². The third kappa shape index (κ3) is 4.35. The fourth-order valence-corrected chi connectivity index (χ4v) is 3.52. The average Bonchev–Trinajstić information content (AvgIpc) is 2.61. The van der Waals surface area contributed by atoms with Crippen LogP contribution >= 0.6 is 11.6 Å². The number of rotatable bonds is 6. The average molecular weight is 414 g/mol. The van der Waals surface area contributed by atoms with E-state index in [0.29, 0.717) is 0 Å². The van der Waals surface area contributed by atoms with Crippen molar-refractivity contribution in [1.29, 1.82) is 0 Å². The number of ether oxygens (including phenoxy) is 1. The topological polar surface area (TPSA) is 119 Å². The molecule has 0 unspecified atom stereocenters. The first kappa shape index (κ1) is 20.6. The van der Waals surface area contributed by atoms with Crippen LogP contribution in [0.3, 0.4) is 0 Å². The van der Waals surface area contributed by atoms with Gasteiger partial charge in [-0.3, -0.25) is 14.9 Å². The zero-order chi connectivity index (χ0) is 20.4. The molecule has 1 N–H and O–H groups in total. The molecule has 0 fully saturated rings. The molecule has 0 aliphatic carbocycles. The molecule has 144 valence electrons. The molecule has 27 heavy (non-hydrogen) atoms. The molecule has 0 atom stereocenters. The molecular weight excluding hydrogens is 398 g/mol. The van der Waals surface area contributed by atoms with Crippen molar-refractivity contribution < 1.29 is 22.9 Å². The standard InChI is InChI=1S/C16H16ClN3O6S/c1-19(2)27(24,25)15-8-10(4-6-12(15)17)16(21)18-13-7-5-11(20(22)23)9-14(13)26-3/h4-9H,1-3H3,(H,18,21). The van der Waals surface area contributed by atoms with E-state index in [9.17, 15) is 23.3 Å². The van der Waals surface area contributed by atoms with E-state index in [1.807, 2.05) is 0 Å². The van der Waals surface area contributed by atoms with Crippen LogP contribution in [0.15, 0.2) is 41.3 Å². The summed E-state index contributed by atoms with van der Waals surface area (Å²) in [6.45, 7) is 0. The molecule has 0 spiro atoms. The number of nitrogens with zero attached hydrogens (tertiary/aromatic N) is 2. The Balaban J connectivity index is 2.39. The van der Waals surface area contributed by atoms with E-state index in [4.69, 9.17) is 16.3 Å². The molecule has 2 aromatic rings. The van der Waals surface area contributed by atoms with Crippen molar-refractivity contribution in [1.82, 2.24) is 4.31 Å². The zero-order valence-electron chi connectivity index (χ0n) is 14.6. The summed E-state index contributed by atoms with van der Waals surface area (Å²) in [6.07, 6.45) is 0. The number of benzene rings is 2. The number of non-ortho nitro benzene ring substituents is 1. The van der Waals surface area contributed by atoms with Crippen LogP contribution < -0.4 is 10.1 Å². The second-order valence-corrected chi connectivity index (χ2v) is 8.06. The van der Waals surface area contributed by atoms with Crippen LogP contribution in [0.25, 0.3) is 0 Å². The van der Waals surface area contributed by atoms with Crippen LogP contribution in [0.5, 0.6) is 5.75 Å². The molecule has 2 aromatic carbocycles. The number of carbonyl (C=O) groups is 1. The Morgan fingerprint density at radius 2 is 1.89 bits per heavy atom. The Kier molecular flexibility index (Phi) is 6.04. The SMILES string of the molecule is COc1cc([N+](=O)[O-])ccc1NC(=O)c1ccc(Cl)c(S(=O)(=O)N(C)C)c1. The summed E-state index contributed by atoms with van der Waals surface area (Å²) in [7, 11) is 0.156. The van der Waals surface area contributed by atoms with Gasteiger partial charge in [-0.25, -0.2) is 12.7 Å². The van der Waals surface area contributed by atoms with Gasteiger partial charge < -0.3 is 10.1 Å². The number of hydrogen-bond acceptors (Lipinski definition) is 6. The van der Waals surface area contributed by atoms with E-state index in [1.165, 1.54) is 51.5 Å². The minimum atomic E-state index is -3.84. The highest BCUT2D eigenvalue weighted by Crippen LogP contribution is 2.30. The fourth-order valence-electron chi connectivity index (χ4n) is 2.13. The van der Waals surface area contributed by atoms with Crippen molar-refractivity contribution in [2.24, 2.45) is 0 Å². The van der Waals surface area contributed by atoms with Gasteiger partial charge in [-0.05, 0) is 24.3 Å². The van der Waals surface area contributed by atoms with Crippen LogP contribution in [-0.2, 0) is 10.0 Å². The lowest BCUT2D eigenvalue weighted by Gasteiger charge is -2.14. The quantitative estimate of drug-likeness (QED) is 0.574. The molecule has 0 aliphatic heterocycles. The van der Waals surface area contributed by atoms with Gasteiger partial charge in [0.25, 0.3) is 11.6 Å². The van der Waals surface area contributed by atoms with E-state index >= 15 is 0 Å². The molecule has 0 bridgehead atoms. The van der Waals surface area contributed by atoms with Gasteiger partial charge in [0.2, 0.25) is 10.0 Å². The van der Waals surface area contributed by atoms with Crippen LogP contribution in [0.1, 0.15) is 10.4 Å². The molecule has 11 heteroatoms. The number of anilines is 1. The maximum absolute atomic E-state index is 12.5. The number of hydrogen-bond donors (Lipinski definition) is 1. The highest BCUT2D eigenvalue weighted by molar-refractivity contribution is 7.89. The number of methoxy groups -OCH3 is 1. The van der Waals surface area contributed by atoms with Gasteiger partial charge in [-0.1, -0.05) is 11.6 Å². The van der Waals surface area contributed by atoms with Crippen LogP contribution in [0.2, 0.25) is 5.02 Å². The predicted octanol–water partition coefficient (Wildman–Crippen LogP) is 2.76. The Morgan fingerprint density at radius 3 is 2.44 bits per heavy atom. The van der Waals surface area contributed by atoms with Crippen LogP contribution in [0.4, 0.5) is 11.4 Å². The monoisotopic (exact) mass is 413 g/mol. The van der Waals surface area contributed by atoms with Crippen molar-refractivity contribution >= 4 is 38.9 Å². The first-order valence-electron chi connectivity index (χ1n) is 7.43. The smallest absolute Gasteiger partial charge is 0.273 e. The van der Waals surface area contributed by atoms with Crippen molar-refractivity contribution in [3.63, 3.8) is 0 Å². The van der Waals surface area contributed by atoms with Crippen molar-refractivity contribution in [3.05, 3.63) is 57.1 Å². The highest BCUT2D eigenvalue weighted by atomic mass is 35.5. The van der Waals surface area contributed by atoms with Gasteiger partial charge in [-0.15, -0.1) is 0 Å². The maximum atomic E-state index is 12.5. The molecule has 0 heterocycles. The van der Waals surface area contributed by atoms with Gasteiger partial charge in [0.15, 0.2) is 0 Å². The van der Waals surface area contributed by atoms with Crippen molar-refractivity contribution in [3.8, 4) is 5.75 Å². The number of carbonyl (C=O) groups excluding carboxylic acids is 1. The van der Waals surface area contributed by atoms with Gasteiger partial charge >= 0.3 is 0 Å². The van der Waals surface area contributed by atoms with E-state index in [1.54, 1.807) is 0 Å². The lowest BCUT2D eigenvalue weighted by Crippen LogP contribution is -2.23. The summed E-state index contributed by atoms with van der Waals surface area (Å²) >= 11 is 5.96. The van der Waals surface area contributed by atoms with Gasteiger partial charge in [0.1, 0.15) is 10.6 Å². The van der Waals surface area contributed by atoms with Crippen molar-refractivity contribution in [2.75, 3.05) is 26.5 Å². The number of sulfonamides is 1. The lowest BCUT2D eigenvalue weighted by atomic mass is 10.2. The number of halogens is 1. The minimum Gasteiger partial charge on any atom is -0.494 e. The molecule has 0 radical (unpaired) electrons. The fraction of sp³-hybridized carbons (Fsp3) is 0.188. The molecule has 2 rings (SSSR count). The molecule has 0 saturated heterocycles. The van der Waals surface area contributed by atoms with Gasteiger partial charge in [0.05, 0.1) is 28.8 Å². The number of amides is 1. The largest absolute Gasteiger partial charge is 0.494 e. The third-order valence-corrected chi connectivity index (χ3v) is 5.89. The first-order valence-corrected chi connectivity index (χ1v) is 9.25. The molecule has 9 nitrogen and oxygen atoms in total. The lowest BCUT2D eigenvalue weighted by molar-refractivity contribution is -0.384.